The van der Waals surface area contributed by atoms with E-state index in [4.69, 9.17) is 11.5 Å². The lowest BCUT2D eigenvalue weighted by Crippen LogP contribution is -2.46. The van der Waals surface area contributed by atoms with Crippen LogP contribution in [0.3, 0.4) is 0 Å². The third kappa shape index (κ3) is 3.69. The molecule has 0 saturated carbocycles. The van der Waals surface area contributed by atoms with Crippen molar-refractivity contribution in [2.24, 2.45) is 16.9 Å². The van der Waals surface area contributed by atoms with Gasteiger partial charge in [0.05, 0.1) is 6.04 Å². The predicted octanol–water partition coefficient (Wildman–Crippen LogP) is 0.267. The van der Waals surface area contributed by atoms with Gasteiger partial charge in [0.15, 0.2) is 0 Å². The Kier molecular flexibility index (Phi) is 4.69. The third-order valence-corrected chi connectivity index (χ3v) is 1.24. The number of rotatable bonds is 1. The van der Waals surface area contributed by atoms with Gasteiger partial charge in [-0.1, -0.05) is 20.8 Å². The molecule has 0 saturated heterocycles. The van der Waals surface area contributed by atoms with E-state index < -0.39 is 11.9 Å². The molecule has 10 heavy (non-hydrogen) atoms. The number of carbonyl (C=O) groups excluding carboxylic acids is 1. The number of hydrogen-bond acceptors (Lipinski definition) is 2. The van der Waals surface area contributed by atoms with Crippen LogP contribution in [0.15, 0.2) is 0 Å². The molecule has 0 rings (SSSR count). The molecule has 0 unspecified atom stereocenters. The Hall–Kier alpha value is -0.280. The fourth-order valence-corrected chi connectivity index (χ4v) is 0.427. The highest BCUT2D eigenvalue weighted by Crippen LogP contribution is 2.16. The Morgan fingerprint density at radius 3 is 1.70 bits per heavy atom. The number of primary amides is 1. The van der Waals surface area contributed by atoms with Crippen LogP contribution in [-0.2, 0) is 4.79 Å². The second-order valence-electron chi connectivity index (χ2n) is 3.25. The van der Waals surface area contributed by atoms with Crippen LogP contribution < -0.4 is 11.5 Å². The second-order valence-corrected chi connectivity index (χ2v) is 3.25. The monoisotopic (exact) mass is 166 g/mol. The summed E-state index contributed by atoms with van der Waals surface area (Å²) in [5.41, 5.74) is 10.2. The molecule has 4 N–H and O–H groups in total. The lowest BCUT2D eigenvalue weighted by molar-refractivity contribution is -0.121. The molecule has 1 amide bonds. The van der Waals surface area contributed by atoms with Crippen LogP contribution in [0.4, 0.5) is 0 Å². The van der Waals surface area contributed by atoms with Crippen LogP contribution in [0.25, 0.3) is 0 Å². The minimum Gasteiger partial charge on any atom is -0.368 e. The number of amides is 1. The largest absolute Gasteiger partial charge is 0.368 e. The van der Waals surface area contributed by atoms with E-state index in [-0.39, 0.29) is 17.8 Å². The molecule has 0 spiro atoms. The van der Waals surface area contributed by atoms with Gasteiger partial charge in [0.25, 0.3) is 0 Å². The zero-order chi connectivity index (χ0) is 7.65. The Bertz CT molecular complexity index is 119. The first-order valence-corrected chi connectivity index (χ1v) is 2.90. The van der Waals surface area contributed by atoms with Crippen molar-refractivity contribution in [3.8, 4) is 0 Å². The van der Waals surface area contributed by atoms with Crippen molar-refractivity contribution < 1.29 is 4.79 Å². The molecule has 0 bridgehead atoms. The zero-order valence-electron chi connectivity index (χ0n) is 6.55. The quantitative estimate of drug-likeness (QED) is 0.587. The van der Waals surface area contributed by atoms with Gasteiger partial charge in [-0.25, -0.2) is 0 Å². The molecular weight excluding hydrogens is 152 g/mol. The molecule has 62 valence electrons. The molecule has 0 radical (unpaired) electrons. The highest BCUT2D eigenvalue weighted by molar-refractivity contribution is 5.85. The third-order valence-electron chi connectivity index (χ3n) is 1.24. The zero-order valence-corrected chi connectivity index (χ0v) is 7.37. The highest BCUT2D eigenvalue weighted by atomic mass is 35.5. The summed E-state index contributed by atoms with van der Waals surface area (Å²) in [6, 6.07) is -0.544. The molecule has 3 nitrogen and oxygen atoms in total. The fraction of sp³-hybridized carbons (Fsp3) is 0.833. The van der Waals surface area contributed by atoms with Gasteiger partial charge in [0.1, 0.15) is 0 Å². The minimum absolute atomic E-state index is 0. The number of hydrogen-bond donors (Lipinski definition) is 2. The fourth-order valence-electron chi connectivity index (χ4n) is 0.427. The van der Waals surface area contributed by atoms with Crippen LogP contribution in [0.1, 0.15) is 20.8 Å². The van der Waals surface area contributed by atoms with Gasteiger partial charge in [-0.3, -0.25) is 4.79 Å². The summed E-state index contributed by atoms with van der Waals surface area (Å²) in [4.78, 5) is 10.4. The van der Waals surface area contributed by atoms with Crippen LogP contribution in [-0.4, -0.2) is 11.9 Å². The van der Waals surface area contributed by atoms with E-state index in [0.29, 0.717) is 0 Å². The molecule has 0 fully saturated rings. The molecule has 0 aromatic carbocycles. The second kappa shape index (κ2) is 3.78. The van der Waals surface area contributed by atoms with E-state index in [1.807, 2.05) is 20.8 Å². The summed E-state index contributed by atoms with van der Waals surface area (Å²) in [6.45, 7) is 5.63. The standard InChI is InChI=1S/C6H14N2O.ClH/c1-6(2,3)4(7)5(8)9;/h4H,7H2,1-3H3,(H2,8,9);1H/t4-;/m1./s1. The molecule has 0 aromatic rings. The van der Waals surface area contributed by atoms with Gasteiger partial charge in [-0.05, 0) is 5.41 Å². The molecular formula is C6H15ClN2O. The van der Waals surface area contributed by atoms with Crippen molar-refractivity contribution in [2.75, 3.05) is 0 Å². The van der Waals surface area contributed by atoms with Crippen molar-refractivity contribution in [1.82, 2.24) is 0 Å². The first-order valence-electron chi connectivity index (χ1n) is 2.90. The Labute approximate surface area is 67.6 Å². The molecule has 0 aliphatic carbocycles. The maximum atomic E-state index is 10.4. The highest BCUT2D eigenvalue weighted by Gasteiger charge is 2.24. The molecule has 0 aliphatic heterocycles. The van der Waals surface area contributed by atoms with E-state index in [2.05, 4.69) is 0 Å². The van der Waals surface area contributed by atoms with Gasteiger partial charge in [-0.15, -0.1) is 12.4 Å². The smallest absolute Gasteiger partial charge is 0.234 e. The average molecular weight is 167 g/mol. The van der Waals surface area contributed by atoms with Gasteiger partial charge >= 0.3 is 0 Å². The summed E-state index contributed by atoms with van der Waals surface area (Å²) < 4.78 is 0. The topological polar surface area (TPSA) is 69.1 Å². The van der Waals surface area contributed by atoms with E-state index in [1.54, 1.807) is 0 Å². The summed E-state index contributed by atoms with van der Waals surface area (Å²) in [6.07, 6.45) is 0. The number of nitrogens with two attached hydrogens (primary N) is 2. The lowest BCUT2D eigenvalue weighted by atomic mass is 9.87. The van der Waals surface area contributed by atoms with Gasteiger partial charge in [-0.2, -0.15) is 0 Å². The SMILES string of the molecule is CC(C)(C)[C@H](N)C(N)=O.Cl. The van der Waals surface area contributed by atoms with Crippen LogP contribution in [0.2, 0.25) is 0 Å². The molecule has 0 aromatic heterocycles. The Balaban J connectivity index is 0. The summed E-state index contributed by atoms with van der Waals surface area (Å²) in [7, 11) is 0. The van der Waals surface area contributed by atoms with Crippen molar-refractivity contribution in [3.05, 3.63) is 0 Å². The van der Waals surface area contributed by atoms with Crippen LogP contribution in [0.5, 0.6) is 0 Å². The van der Waals surface area contributed by atoms with Crippen molar-refractivity contribution >= 4 is 18.3 Å². The lowest BCUT2D eigenvalue weighted by Gasteiger charge is -2.23. The van der Waals surface area contributed by atoms with Crippen molar-refractivity contribution in [1.29, 1.82) is 0 Å². The van der Waals surface area contributed by atoms with E-state index >= 15 is 0 Å². The number of halogens is 1. The van der Waals surface area contributed by atoms with Crippen molar-refractivity contribution in [2.45, 2.75) is 26.8 Å². The van der Waals surface area contributed by atoms with Crippen molar-refractivity contribution in [3.63, 3.8) is 0 Å². The Morgan fingerprint density at radius 2 is 1.70 bits per heavy atom. The predicted molar refractivity (Wildman–Crippen MR) is 43.9 cm³/mol. The molecule has 0 aliphatic rings. The van der Waals surface area contributed by atoms with E-state index in [9.17, 15) is 4.79 Å². The normalized spacial score (nSPS) is 13.6. The van der Waals surface area contributed by atoms with Gasteiger partial charge < -0.3 is 11.5 Å². The molecule has 0 heterocycles. The first kappa shape index (κ1) is 12.4. The van der Waals surface area contributed by atoms with E-state index in [1.165, 1.54) is 0 Å². The maximum absolute atomic E-state index is 10.4. The first-order chi connectivity index (χ1) is 3.85. The summed E-state index contributed by atoms with van der Waals surface area (Å²) >= 11 is 0. The molecule has 1 atom stereocenters. The average Bonchev–Trinajstić information content (AvgIpc) is 1.62. The summed E-state index contributed by atoms with van der Waals surface area (Å²) in [5.74, 6) is -0.442. The minimum atomic E-state index is -0.544. The van der Waals surface area contributed by atoms with Crippen LogP contribution >= 0.6 is 12.4 Å². The molecule has 4 heteroatoms. The maximum Gasteiger partial charge on any atom is 0.234 e. The van der Waals surface area contributed by atoms with Crippen LogP contribution in [0, 0.1) is 5.41 Å². The Morgan fingerprint density at radius 1 is 1.40 bits per heavy atom. The summed E-state index contributed by atoms with van der Waals surface area (Å²) in [5, 5.41) is 0. The van der Waals surface area contributed by atoms with E-state index in [0.717, 1.165) is 0 Å². The number of carbonyl (C=O) groups is 1. The van der Waals surface area contributed by atoms with Gasteiger partial charge in [0, 0.05) is 0 Å². The van der Waals surface area contributed by atoms with Gasteiger partial charge in [0.2, 0.25) is 5.91 Å².